The molecule has 1 aliphatic heterocycles. The molecule has 1 unspecified atom stereocenters. The molecule has 0 spiro atoms. The van der Waals surface area contributed by atoms with E-state index in [1.54, 1.807) is 12.4 Å². The van der Waals surface area contributed by atoms with Crippen molar-refractivity contribution in [2.75, 3.05) is 0 Å². The number of nitrogens with zero attached hydrogens (tertiary/aromatic N) is 2. The number of rotatable bonds is 4. The molecule has 2 aromatic heterocycles. The summed E-state index contributed by atoms with van der Waals surface area (Å²) in [4.78, 5) is 32.9. The first-order chi connectivity index (χ1) is 19.0. The van der Waals surface area contributed by atoms with Gasteiger partial charge in [0.25, 0.3) is 5.91 Å². The molecule has 9 nitrogen and oxygen atoms in total. The van der Waals surface area contributed by atoms with Crippen molar-refractivity contribution in [1.29, 1.82) is 0 Å². The average molecular weight is 574 g/mol. The lowest BCUT2D eigenvalue weighted by Crippen LogP contribution is -2.40. The van der Waals surface area contributed by atoms with Gasteiger partial charge in [0.2, 0.25) is 5.91 Å². The Morgan fingerprint density at radius 2 is 1.85 bits per heavy atom. The van der Waals surface area contributed by atoms with Crippen molar-refractivity contribution < 1.29 is 31.2 Å². The van der Waals surface area contributed by atoms with Crippen molar-refractivity contribution in [3.8, 4) is 11.3 Å². The summed E-state index contributed by atoms with van der Waals surface area (Å²) in [5.41, 5.74) is 5.68. The maximum atomic E-state index is 12.9. The Morgan fingerprint density at radius 1 is 1.10 bits per heavy atom. The van der Waals surface area contributed by atoms with Gasteiger partial charge in [0.1, 0.15) is 0 Å². The first kappa shape index (κ1) is 26.4. The highest BCUT2D eigenvalue weighted by molar-refractivity contribution is 7.90. The number of nitrogens with one attached hydrogen (secondary N) is 2. The van der Waals surface area contributed by atoms with E-state index in [4.69, 9.17) is 5.73 Å². The normalized spacial score (nSPS) is 18.3. The number of aromatic amines is 1. The first-order valence-electron chi connectivity index (χ1n) is 13.0. The number of H-pyrrole nitrogens is 1. The molecule has 40 heavy (non-hydrogen) atoms. The van der Waals surface area contributed by atoms with Crippen molar-refractivity contribution in [1.82, 2.24) is 19.3 Å². The quantitative estimate of drug-likeness (QED) is 0.331. The Bertz CT molecular complexity index is 1790. The van der Waals surface area contributed by atoms with Crippen LogP contribution in [0, 0.1) is 5.92 Å². The molecular weight excluding hydrogens is 547 g/mol. The number of primary amides is 1. The molecule has 1 atom stereocenters. The minimum Gasteiger partial charge on any atom is -0.369 e. The minimum absolute atomic E-state index is 0.181. The molecule has 0 saturated heterocycles. The zero-order valence-electron chi connectivity index (χ0n) is 21.2. The topological polar surface area (TPSA) is 140 Å². The van der Waals surface area contributed by atoms with Crippen molar-refractivity contribution in [2.45, 2.75) is 56.5 Å². The summed E-state index contributed by atoms with van der Waals surface area (Å²) in [5, 5.41) is 0.801. The summed E-state index contributed by atoms with van der Waals surface area (Å²) in [6, 6.07) is 8.27. The van der Waals surface area contributed by atoms with Gasteiger partial charge in [-0.3, -0.25) is 9.59 Å². The highest BCUT2D eigenvalue weighted by Gasteiger charge is 2.47. The second-order valence-electron chi connectivity index (χ2n) is 10.5. The predicted octanol–water partition coefficient (Wildman–Crippen LogP) is 4.47. The van der Waals surface area contributed by atoms with Crippen LogP contribution in [0.2, 0.25) is 0 Å². The molecule has 0 radical (unpaired) electrons. The lowest BCUT2D eigenvalue weighted by atomic mass is 9.81. The van der Waals surface area contributed by atoms with Gasteiger partial charge in [-0.15, -0.1) is 0 Å². The third-order valence-electron chi connectivity index (χ3n) is 8.12. The van der Waals surface area contributed by atoms with Gasteiger partial charge >= 0.3 is 15.5 Å². The van der Waals surface area contributed by atoms with E-state index < -0.39 is 33.3 Å². The predicted molar refractivity (Wildman–Crippen MR) is 142 cm³/mol. The molecule has 4 N–H and O–H groups in total. The summed E-state index contributed by atoms with van der Waals surface area (Å²) >= 11 is 0. The Kier molecular flexibility index (Phi) is 6.17. The summed E-state index contributed by atoms with van der Waals surface area (Å²) in [6.07, 6.45) is 7.02. The smallest absolute Gasteiger partial charge is 0.369 e. The molecule has 2 aliphatic rings. The van der Waals surface area contributed by atoms with Crippen LogP contribution in [0.5, 0.6) is 0 Å². The number of alkyl halides is 3. The van der Waals surface area contributed by atoms with Crippen LogP contribution in [-0.4, -0.2) is 40.3 Å². The Labute approximate surface area is 227 Å². The zero-order valence-corrected chi connectivity index (χ0v) is 22.0. The van der Waals surface area contributed by atoms with E-state index in [9.17, 15) is 31.2 Å². The second-order valence-corrected chi connectivity index (χ2v) is 12.2. The monoisotopic (exact) mass is 573 g/mol. The first-order valence-corrected chi connectivity index (χ1v) is 14.5. The third-order valence-corrected chi connectivity index (χ3v) is 9.18. The molecule has 6 rings (SSSR count). The number of amides is 2. The second kappa shape index (κ2) is 9.36. The molecule has 210 valence electrons. The third kappa shape index (κ3) is 4.23. The fraction of sp³-hybridized carbons (Fsp3) is 0.370. The lowest BCUT2D eigenvalue weighted by molar-refractivity contribution is -0.122. The molecule has 0 bridgehead atoms. The Hall–Kier alpha value is -3.87. The van der Waals surface area contributed by atoms with Crippen LogP contribution in [0.3, 0.4) is 0 Å². The van der Waals surface area contributed by atoms with Gasteiger partial charge in [0.05, 0.1) is 29.0 Å². The van der Waals surface area contributed by atoms with E-state index in [0.717, 1.165) is 75.6 Å². The number of halogens is 3. The Morgan fingerprint density at radius 3 is 2.55 bits per heavy atom. The van der Waals surface area contributed by atoms with E-state index in [0.29, 0.717) is 11.9 Å². The number of sulfonamides is 1. The number of imidazole rings is 1. The molecule has 2 aromatic carbocycles. The SMILES string of the molecule is NC(=O)C1Cc2c(ccc3[nH]cnc23)-c2c(C3CCCCC3)c3ccc(C(=O)NS(=O)(=O)C(F)(F)F)cc3n2C1. The molecule has 1 saturated carbocycles. The van der Waals surface area contributed by atoms with E-state index in [1.165, 1.54) is 12.1 Å². The van der Waals surface area contributed by atoms with Crippen molar-refractivity contribution >= 4 is 43.8 Å². The van der Waals surface area contributed by atoms with Gasteiger partial charge in [0, 0.05) is 28.6 Å². The molecule has 4 aromatic rings. The molecule has 1 fully saturated rings. The van der Waals surface area contributed by atoms with Crippen LogP contribution in [0.1, 0.15) is 59.5 Å². The van der Waals surface area contributed by atoms with Gasteiger partial charge < -0.3 is 15.3 Å². The number of carbonyl (C=O) groups is 2. The molecular formula is C27H26F3N5O4S. The molecule has 1 aliphatic carbocycles. The summed E-state index contributed by atoms with van der Waals surface area (Å²) in [5.74, 6) is -2.35. The van der Waals surface area contributed by atoms with E-state index in [2.05, 4.69) is 9.97 Å². The molecule has 3 heterocycles. The maximum Gasteiger partial charge on any atom is 0.516 e. The highest BCUT2D eigenvalue weighted by atomic mass is 32.2. The van der Waals surface area contributed by atoms with E-state index in [-0.39, 0.29) is 18.0 Å². The lowest BCUT2D eigenvalue weighted by Gasteiger charge is -2.24. The van der Waals surface area contributed by atoms with Crippen LogP contribution >= 0.6 is 0 Å². The fourth-order valence-corrected chi connectivity index (χ4v) is 6.74. The highest BCUT2D eigenvalue weighted by Crippen LogP contribution is 2.47. The number of hydrogen-bond acceptors (Lipinski definition) is 5. The zero-order chi connectivity index (χ0) is 28.4. The fourth-order valence-electron chi connectivity index (χ4n) is 6.26. The van der Waals surface area contributed by atoms with Crippen molar-refractivity contribution in [2.24, 2.45) is 11.7 Å². The van der Waals surface area contributed by atoms with Gasteiger partial charge in [-0.25, -0.2) is 9.71 Å². The number of carbonyl (C=O) groups excluding carboxylic acids is 2. The summed E-state index contributed by atoms with van der Waals surface area (Å²) in [6.45, 7) is 0.181. The van der Waals surface area contributed by atoms with E-state index in [1.807, 2.05) is 16.7 Å². The van der Waals surface area contributed by atoms with Gasteiger partial charge in [-0.05, 0) is 54.5 Å². The van der Waals surface area contributed by atoms with Crippen LogP contribution < -0.4 is 10.5 Å². The van der Waals surface area contributed by atoms with Crippen LogP contribution in [0.25, 0.3) is 33.2 Å². The maximum absolute atomic E-state index is 12.9. The van der Waals surface area contributed by atoms with Crippen LogP contribution in [0.4, 0.5) is 13.2 Å². The largest absolute Gasteiger partial charge is 0.516 e. The van der Waals surface area contributed by atoms with Crippen molar-refractivity contribution in [3.05, 3.63) is 53.3 Å². The molecule has 13 heteroatoms. The average Bonchev–Trinajstić information content (AvgIpc) is 3.46. The van der Waals surface area contributed by atoms with Gasteiger partial charge in [-0.1, -0.05) is 31.4 Å². The number of aromatic nitrogens is 3. The Balaban J connectivity index is 1.61. The standard InChI is InChI=1S/C27H26F3N5O4S/c28-27(29,30)40(38,39)34-26(37)15-6-7-18-21(11-15)35-12-16(25(31)36)10-19-17(8-9-20-23(19)33-13-32-20)24(35)22(18)14-4-2-1-3-5-14/h6-9,11,13-14,16H,1-5,10,12H2,(H2,31,36)(H,32,33)(H,34,37). The van der Waals surface area contributed by atoms with E-state index >= 15 is 0 Å². The number of benzene rings is 2. The number of hydrogen-bond donors (Lipinski definition) is 3. The van der Waals surface area contributed by atoms with Crippen LogP contribution in [0.15, 0.2) is 36.7 Å². The summed E-state index contributed by atoms with van der Waals surface area (Å²) < 4.78 is 65.0. The summed E-state index contributed by atoms with van der Waals surface area (Å²) in [7, 11) is -5.89. The van der Waals surface area contributed by atoms with Crippen molar-refractivity contribution in [3.63, 3.8) is 0 Å². The van der Waals surface area contributed by atoms with Crippen LogP contribution in [-0.2, 0) is 27.8 Å². The van der Waals surface area contributed by atoms with Gasteiger partial charge in [-0.2, -0.15) is 21.6 Å². The van der Waals surface area contributed by atoms with Gasteiger partial charge in [0.15, 0.2) is 0 Å². The number of fused-ring (bicyclic) bond motifs is 7. The number of nitrogens with two attached hydrogens (primary N) is 1. The molecule has 2 amide bonds. The minimum atomic E-state index is -5.89.